The number of anilines is 1. The Morgan fingerprint density at radius 2 is 1.95 bits per heavy atom. The number of benzene rings is 2. The van der Waals surface area contributed by atoms with Crippen LogP contribution in [0.3, 0.4) is 0 Å². The van der Waals surface area contributed by atoms with Crippen LogP contribution in [0.1, 0.15) is 34.5 Å². The van der Waals surface area contributed by atoms with Gasteiger partial charge in [-0.05, 0) is 43.7 Å². The summed E-state index contributed by atoms with van der Waals surface area (Å²) in [4.78, 5) is 10.9. The molecule has 0 spiro atoms. The lowest BCUT2D eigenvalue weighted by Crippen LogP contribution is -2.10. The molecule has 3 N–H and O–H groups in total. The minimum absolute atomic E-state index is 0.120. The second-order valence-electron chi connectivity index (χ2n) is 4.91. The molecule has 21 heavy (non-hydrogen) atoms. The Balaban J connectivity index is 2.23. The maximum atomic E-state index is 13.8. The summed E-state index contributed by atoms with van der Waals surface area (Å²) >= 11 is 0. The summed E-state index contributed by atoms with van der Waals surface area (Å²) in [5, 5.41) is 21.3. The van der Waals surface area contributed by atoms with Crippen LogP contribution in [0.25, 0.3) is 0 Å². The first-order chi connectivity index (χ1) is 9.88. The minimum Gasteiger partial charge on any atom is -0.508 e. The molecule has 1 unspecified atom stereocenters. The fourth-order valence-electron chi connectivity index (χ4n) is 2.14. The third kappa shape index (κ3) is 3.31. The van der Waals surface area contributed by atoms with E-state index in [1.807, 2.05) is 0 Å². The fraction of sp³-hybridized carbons (Fsp3) is 0.188. The van der Waals surface area contributed by atoms with Crippen LogP contribution in [0, 0.1) is 12.7 Å². The normalized spacial score (nSPS) is 12.0. The molecule has 2 aromatic rings. The third-order valence-electron chi connectivity index (χ3n) is 3.30. The molecule has 0 aromatic heterocycles. The zero-order valence-electron chi connectivity index (χ0n) is 11.7. The van der Waals surface area contributed by atoms with E-state index in [2.05, 4.69) is 5.32 Å². The number of phenolic OH excluding ortho intramolecular Hbond substituents is 1. The highest BCUT2D eigenvalue weighted by Gasteiger charge is 2.13. The number of carboxylic acid groups (broad SMARTS) is 1. The number of hydrogen-bond acceptors (Lipinski definition) is 3. The number of aryl methyl sites for hydroxylation is 1. The largest absolute Gasteiger partial charge is 0.508 e. The van der Waals surface area contributed by atoms with Crippen molar-refractivity contribution in [1.82, 2.24) is 0 Å². The molecule has 110 valence electrons. The van der Waals surface area contributed by atoms with Crippen LogP contribution >= 0.6 is 0 Å². The van der Waals surface area contributed by atoms with E-state index in [-0.39, 0.29) is 17.4 Å². The number of phenols is 1. The van der Waals surface area contributed by atoms with E-state index in [1.54, 1.807) is 26.0 Å². The predicted molar refractivity (Wildman–Crippen MR) is 78.2 cm³/mol. The van der Waals surface area contributed by atoms with Crippen molar-refractivity contribution in [2.24, 2.45) is 0 Å². The number of carboxylic acids is 1. The van der Waals surface area contributed by atoms with Crippen molar-refractivity contribution in [3.63, 3.8) is 0 Å². The summed E-state index contributed by atoms with van der Waals surface area (Å²) in [6.45, 7) is 3.58. The van der Waals surface area contributed by atoms with Crippen molar-refractivity contribution in [2.45, 2.75) is 19.9 Å². The van der Waals surface area contributed by atoms with Gasteiger partial charge < -0.3 is 15.5 Å². The number of halogens is 1. The van der Waals surface area contributed by atoms with Gasteiger partial charge in [0.05, 0.1) is 11.6 Å². The van der Waals surface area contributed by atoms with E-state index >= 15 is 0 Å². The molecule has 2 rings (SSSR count). The molecule has 0 amide bonds. The molecule has 5 heteroatoms. The van der Waals surface area contributed by atoms with Gasteiger partial charge in [-0.25, -0.2) is 9.18 Å². The standard InChI is InChI=1S/C16H16FNO3/c1-9-7-11(16(20)21)3-6-15(9)18-10(2)13-5-4-12(19)8-14(13)17/h3-8,10,18-19H,1-2H3,(H,20,21). The van der Waals surface area contributed by atoms with Crippen molar-refractivity contribution in [2.75, 3.05) is 5.32 Å². The number of aromatic carboxylic acids is 1. The van der Waals surface area contributed by atoms with Gasteiger partial charge in [-0.2, -0.15) is 0 Å². The molecule has 4 nitrogen and oxygen atoms in total. The van der Waals surface area contributed by atoms with E-state index in [4.69, 9.17) is 5.11 Å². The van der Waals surface area contributed by atoms with Gasteiger partial charge >= 0.3 is 5.97 Å². The number of carbonyl (C=O) groups is 1. The summed E-state index contributed by atoms with van der Waals surface area (Å²) in [6, 6.07) is 8.41. The molecule has 0 aliphatic carbocycles. The maximum absolute atomic E-state index is 13.8. The first-order valence-corrected chi connectivity index (χ1v) is 6.47. The molecule has 2 aromatic carbocycles. The Labute approximate surface area is 121 Å². The lowest BCUT2D eigenvalue weighted by Gasteiger charge is -2.18. The smallest absolute Gasteiger partial charge is 0.335 e. The number of aromatic hydroxyl groups is 1. The number of rotatable bonds is 4. The highest BCUT2D eigenvalue weighted by molar-refractivity contribution is 5.88. The average Bonchev–Trinajstić information content (AvgIpc) is 2.40. The van der Waals surface area contributed by atoms with Gasteiger partial charge in [0.1, 0.15) is 11.6 Å². The molecule has 0 saturated heterocycles. The van der Waals surface area contributed by atoms with E-state index < -0.39 is 11.8 Å². The Morgan fingerprint density at radius 3 is 2.52 bits per heavy atom. The summed E-state index contributed by atoms with van der Waals surface area (Å²) in [6.07, 6.45) is 0. The van der Waals surface area contributed by atoms with Crippen LogP contribution in [0.2, 0.25) is 0 Å². The van der Waals surface area contributed by atoms with Crippen LogP contribution in [-0.2, 0) is 0 Å². The second-order valence-corrected chi connectivity index (χ2v) is 4.91. The van der Waals surface area contributed by atoms with Gasteiger partial charge in [-0.1, -0.05) is 6.07 Å². The SMILES string of the molecule is Cc1cc(C(=O)O)ccc1NC(C)c1ccc(O)cc1F. The molecule has 0 aliphatic heterocycles. The van der Waals surface area contributed by atoms with E-state index in [0.717, 1.165) is 17.3 Å². The van der Waals surface area contributed by atoms with E-state index in [0.29, 0.717) is 5.56 Å². The van der Waals surface area contributed by atoms with E-state index in [9.17, 15) is 14.3 Å². The van der Waals surface area contributed by atoms with Crippen molar-refractivity contribution < 1.29 is 19.4 Å². The number of hydrogen-bond donors (Lipinski definition) is 3. The Hall–Kier alpha value is -2.56. The van der Waals surface area contributed by atoms with Crippen LogP contribution in [-0.4, -0.2) is 16.2 Å². The van der Waals surface area contributed by atoms with Crippen molar-refractivity contribution >= 4 is 11.7 Å². The molecule has 0 fully saturated rings. The highest BCUT2D eigenvalue weighted by atomic mass is 19.1. The Morgan fingerprint density at radius 1 is 1.24 bits per heavy atom. The predicted octanol–water partition coefficient (Wildman–Crippen LogP) is 3.71. The molecular weight excluding hydrogens is 273 g/mol. The molecule has 0 heterocycles. The lowest BCUT2D eigenvalue weighted by atomic mass is 10.1. The first-order valence-electron chi connectivity index (χ1n) is 6.47. The zero-order chi connectivity index (χ0) is 15.6. The monoisotopic (exact) mass is 289 g/mol. The molecule has 1 atom stereocenters. The van der Waals surface area contributed by atoms with Gasteiger partial charge in [0.15, 0.2) is 0 Å². The van der Waals surface area contributed by atoms with Gasteiger partial charge in [-0.15, -0.1) is 0 Å². The van der Waals surface area contributed by atoms with E-state index in [1.165, 1.54) is 18.2 Å². The maximum Gasteiger partial charge on any atom is 0.335 e. The Bertz CT molecular complexity index is 685. The fourth-order valence-corrected chi connectivity index (χ4v) is 2.14. The van der Waals surface area contributed by atoms with Gasteiger partial charge in [0, 0.05) is 17.3 Å². The molecular formula is C16H16FNO3. The topological polar surface area (TPSA) is 69.6 Å². The first kappa shape index (κ1) is 14.8. The van der Waals surface area contributed by atoms with Crippen LogP contribution < -0.4 is 5.32 Å². The zero-order valence-corrected chi connectivity index (χ0v) is 11.7. The molecule has 0 saturated carbocycles. The van der Waals surface area contributed by atoms with Crippen LogP contribution in [0.5, 0.6) is 5.75 Å². The molecule has 0 radical (unpaired) electrons. The summed E-state index contributed by atoms with van der Waals surface area (Å²) in [5.74, 6) is -1.59. The van der Waals surface area contributed by atoms with Crippen molar-refractivity contribution in [3.8, 4) is 5.75 Å². The van der Waals surface area contributed by atoms with Crippen molar-refractivity contribution in [1.29, 1.82) is 0 Å². The quantitative estimate of drug-likeness (QED) is 0.802. The van der Waals surface area contributed by atoms with Gasteiger partial charge in [0.25, 0.3) is 0 Å². The summed E-state index contributed by atoms with van der Waals surface area (Å²) in [7, 11) is 0. The van der Waals surface area contributed by atoms with Crippen molar-refractivity contribution in [3.05, 3.63) is 58.9 Å². The molecule has 0 aliphatic rings. The lowest BCUT2D eigenvalue weighted by molar-refractivity contribution is 0.0697. The van der Waals surface area contributed by atoms with Crippen LogP contribution in [0.15, 0.2) is 36.4 Å². The summed E-state index contributed by atoms with van der Waals surface area (Å²) < 4.78 is 13.8. The van der Waals surface area contributed by atoms with Gasteiger partial charge in [-0.3, -0.25) is 0 Å². The Kier molecular flexibility index (Phi) is 4.12. The average molecular weight is 289 g/mol. The number of nitrogens with one attached hydrogen (secondary N) is 1. The minimum atomic E-state index is -0.984. The molecule has 0 bridgehead atoms. The van der Waals surface area contributed by atoms with Crippen LogP contribution in [0.4, 0.5) is 10.1 Å². The second kappa shape index (κ2) is 5.83. The highest BCUT2D eigenvalue weighted by Crippen LogP contribution is 2.26. The third-order valence-corrected chi connectivity index (χ3v) is 3.30. The van der Waals surface area contributed by atoms with Gasteiger partial charge in [0.2, 0.25) is 0 Å². The summed E-state index contributed by atoms with van der Waals surface area (Å²) in [5.41, 5.74) is 2.14.